The first kappa shape index (κ1) is 11.1. The molecule has 1 unspecified atom stereocenters. The fraction of sp³-hybridized carbons (Fsp3) is 0.250. The fourth-order valence-corrected chi connectivity index (χ4v) is 1.73. The zero-order chi connectivity index (χ0) is 10.8. The second-order valence-corrected chi connectivity index (χ2v) is 4.27. The van der Waals surface area contributed by atoms with Crippen LogP contribution in [0.25, 0.3) is 0 Å². The summed E-state index contributed by atoms with van der Waals surface area (Å²) in [6, 6.07) is 7.19. The number of sulfonamides is 1. The normalized spacial score (nSPS) is 16.2. The van der Waals surface area contributed by atoms with Gasteiger partial charge in [0.1, 0.15) is 0 Å². The maximum atomic E-state index is 13.8. The van der Waals surface area contributed by atoms with E-state index in [2.05, 4.69) is 4.74 Å². The molecule has 6 heteroatoms. The molecule has 0 saturated carbocycles. The van der Waals surface area contributed by atoms with E-state index in [1.807, 2.05) is 0 Å². The van der Waals surface area contributed by atoms with Crippen LogP contribution in [0.15, 0.2) is 30.3 Å². The summed E-state index contributed by atoms with van der Waals surface area (Å²) in [5.41, 5.74) is -0.148. The van der Waals surface area contributed by atoms with Gasteiger partial charge in [-0.05, 0) is 0 Å². The summed E-state index contributed by atoms with van der Waals surface area (Å²) in [5.74, 6) is 0. The number of methoxy groups -OCH3 is 1. The van der Waals surface area contributed by atoms with E-state index in [1.165, 1.54) is 24.3 Å². The summed E-state index contributed by atoms with van der Waals surface area (Å²) in [6.07, 6.45) is 0. The lowest BCUT2D eigenvalue weighted by molar-refractivity contribution is -0.0529. The van der Waals surface area contributed by atoms with Gasteiger partial charge in [-0.25, -0.2) is 13.6 Å². The molecule has 1 aromatic rings. The summed E-state index contributed by atoms with van der Waals surface area (Å²) in [7, 11) is -3.51. The smallest absolute Gasteiger partial charge is 0.333 e. The number of ether oxygens (including phenoxy) is 1. The number of rotatable bonds is 3. The molecule has 0 aromatic heterocycles. The predicted octanol–water partition coefficient (Wildman–Crippen LogP) is 0.701. The maximum Gasteiger partial charge on any atom is 0.350 e. The molecule has 0 aliphatic rings. The summed E-state index contributed by atoms with van der Waals surface area (Å²) in [5, 5.41) is 1.75. The largest absolute Gasteiger partial charge is 0.350 e. The third kappa shape index (κ3) is 1.77. The molecule has 0 amide bonds. The number of hydrogen-bond acceptors (Lipinski definition) is 3. The van der Waals surface area contributed by atoms with Gasteiger partial charge in [-0.3, -0.25) is 0 Å². The van der Waals surface area contributed by atoms with E-state index in [0.717, 1.165) is 7.11 Å². The minimum Gasteiger partial charge on any atom is -0.333 e. The molecule has 0 aliphatic carbocycles. The third-order valence-corrected chi connectivity index (χ3v) is 2.88. The highest BCUT2D eigenvalue weighted by Crippen LogP contribution is 2.30. The zero-order valence-corrected chi connectivity index (χ0v) is 8.29. The number of primary sulfonamides is 1. The Labute approximate surface area is 81.5 Å². The van der Waals surface area contributed by atoms with Crippen molar-refractivity contribution in [1.29, 1.82) is 0 Å². The summed E-state index contributed by atoms with van der Waals surface area (Å²) in [6.45, 7) is 0. The van der Waals surface area contributed by atoms with Gasteiger partial charge in [0.2, 0.25) is 0 Å². The molecule has 0 spiro atoms. The van der Waals surface area contributed by atoms with Crippen molar-refractivity contribution in [3.8, 4) is 0 Å². The number of hydrogen-bond donors (Lipinski definition) is 1. The van der Waals surface area contributed by atoms with E-state index in [-0.39, 0.29) is 5.56 Å². The van der Waals surface area contributed by atoms with Crippen molar-refractivity contribution >= 4 is 10.0 Å². The summed E-state index contributed by atoms with van der Waals surface area (Å²) >= 11 is 0. The van der Waals surface area contributed by atoms with Crippen LogP contribution in [0.4, 0.5) is 4.39 Å². The number of nitrogens with two attached hydrogens (primary N) is 1. The van der Waals surface area contributed by atoms with Crippen molar-refractivity contribution in [1.82, 2.24) is 0 Å². The molecule has 1 atom stereocenters. The molecule has 0 bridgehead atoms. The van der Waals surface area contributed by atoms with Gasteiger partial charge in [0.15, 0.2) is 0 Å². The minimum atomic E-state index is -4.46. The predicted molar refractivity (Wildman–Crippen MR) is 49.3 cm³/mol. The van der Waals surface area contributed by atoms with Gasteiger partial charge < -0.3 is 4.74 Å². The topological polar surface area (TPSA) is 69.4 Å². The van der Waals surface area contributed by atoms with Gasteiger partial charge >= 0.3 is 5.19 Å². The lowest BCUT2D eigenvalue weighted by Gasteiger charge is -2.20. The van der Waals surface area contributed by atoms with Crippen molar-refractivity contribution in [2.24, 2.45) is 5.14 Å². The van der Waals surface area contributed by atoms with E-state index in [1.54, 1.807) is 6.07 Å². The van der Waals surface area contributed by atoms with Crippen LogP contribution >= 0.6 is 0 Å². The second kappa shape index (κ2) is 3.64. The van der Waals surface area contributed by atoms with Gasteiger partial charge in [-0.15, -0.1) is 0 Å². The van der Waals surface area contributed by atoms with Crippen LogP contribution in [0, 0.1) is 0 Å². The van der Waals surface area contributed by atoms with E-state index in [0.29, 0.717) is 0 Å². The highest BCUT2D eigenvalue weighted by molar-refractivity contribution is 7.89. The summed E-state index contributed by atoms with van der Waals surface area (Å²) < 4.78 is 40.1. The van der Waals surface area contributed by atoms with Crippen LogP contribution in [0.2, 0.25) is 0 Å². The van der Waals surface area contributed by atoms with Crippen molar-refractivity contribution in [2.45, 2.75) is 5.19 Å². The maximum absolute atomic E-state index is 13.8. The third-order valence-electron chi connectivity index (χ3n) is 1.75. The van der Waals surface area contributed by atoms with Crippen LogP contribution < -0.4 is 5.14 Å². The minimum absolute atomic E-state index is 0.148. The molecule has 0 radical (unpaired) electrons. The van der Waals surface area contributed by atoms with Gasteiger partial charge in [0, 0.05) is 12.7 Å². The average Bonchev–Trinajstić information content (AvgIpc) is 2.16. The van der Waals surface area contributed by atoms with Crippen LogP contribution in [0.5, 0.6) is 0 Å². The lowest BCUT2D eigenvalue weighted by Crippen LogP contribution is -2.38. The first-order valence-electron chi connectivity index (χ1n) is 3.74. The Morgan fingerprint density at radius 3 is 2.21 bits per heavy atom. The van der Waals surface area contributed by atoms with Crippen LogP contribution in [-0.2, 0) is 19.9 Å². The highest BCUT2D eigenvalue weighted by atomic mass is 32.2. The van der Waals surface area contributed by atoms with Crippen LogP contribution in [0.3, 0.4) is 0 Å². The molecule has 1 aromatic carbocycles. The Kier molecular flexibility index (Phi) is 2.89. The molecule has 1 rings (SSSR count). The van der Waals surface area contributed by atoms with Crippen LogP contribution in [-0.4, -0.2) is 15.5 Å². The standard InChI is InChI=1S/C8H10FNO3S/c1-13-8(9,14(10,11)12)7-5-3-2-4-6-7/h2-6H,1H3,(H2,10,11,12). The van der Waals surface area contributed by atoms with Gasteiger partial charge in [-0.1, -0.05) is 30.3 Å². The van der Waals surface area contributed by atoms with Gasteiger partial charge in [0.25, 0.3) is 10.0 Å². The number of halogens is 1. The Morgan fingerprint density at radius 1 is 1.36 bits per heavy atom. The average molecular weight is 219 g/mol. The molecule has 14 heavy (non-hydrogen) atoms. The Hall–Kier alpha value is -0.980. The van der Waals surface area contributed by atoms with E-state index < -0.39 is 15.2 Å². The number of alkyl halides is 1. The molecule has 0 fully saturated rings. The molecule has 0 aliphatic heterocycles. The van der Waals surface area contributed by atoms with Gasteiger partial charge in [-0.2, -0.15) is 4.39 Å². The second-order valence-electron chi connectivity index (χ2n) is 2.65. The SMILES string of the molecule is COC(F)(c1ccccc1)S(N)(=O)=O. The van der Waals surface area contributed by atoms with Crippen molar-refractivity contribution in [2.75, 3.05) is 7.11 Å². The monoisotopic (exact) mass is 219 g/mol. The zero-order valence-electron chi connectivity index (χ0n) is 7.48. The van der Waals surface area contributed by atoms with Crippen LogP contribution in [0.1, 0.15) is 5.56 Å². The Bertz CT molecular complexity index is 406. The summed E-state index contributed by atoms with van der Waals surface area (Å²) in [4.78, 5) is 0. The molecular formula is C8H10FNO3S. The Morgan fingerprint density at radius 2 is 1.86 bits per heavy atom. The highest BCUT2D eigenvalue weighted by Gasteiger charge is 2.44. The molecule has 0 saturated heterocycles. The Balaban J connectivity index is 3.30. The molecule has 2 N–H and O–H groups in total. The van der Waals surface area contributed by atoms with Gasteiger partial charge in [0.05, 0.1) is 0 Å². The van der Waals surface area contributed by atoms with E-state index in [4.69, 9.17) is 5.14 Å². The first-order valence-corrected chi connectivity index (χ1v) is 5.28. The molecule has 0 heterocycles. The van der Waals surface area contributed by atoms with E-state index in [9.17, 15) is 12.8 Å². The van der Waals surface area contributed by atoms with Crippen molar-refractivity contribution in [3.05, 3.63) is 35.9 Å². The quantitative estimate of drug-likeness (QED) is 0.813. The number of benzene rings is 1. The van der Waals surface area contributed by atoms with E-state index >= 15 is 0 Å². The lowest BCUT2D eigenvalue weighted by atomic mass is 10.2. The molecule has 78 valence electrons. The van der Waals surface area contributed by atoms with Crippen molar-refractivity contribution < 1.29 is 17.5 Å². The first-order chi connectivity index (χ1) is 6.42. The molecule has 4 nitrogen and oxygen atoms in total. The molecular weight excluding hydrogens is 209 g/mol. The van der Waals surface area contributed by atoms with Crippen molar-refractivity contribution in [3.63, 3.8) is 0 Å². The fourth-order valence-electron chi connectivity index (χ4n) is 1.04.